The van der Waals surface area contributed by atoms with Gasteiger partial charge in [0.15, 0.2) is 17.4 Å². The average molecular weight is 342 g/mol. The molecule has 3 aliphatic heterocycles. The lowest BCUT2D eigenvalue weighted by atomic mass is 9.82. The van der Waals surface area contributed by atoms with E-state index in [1.54, 1.807) is 0 Å². The zero-order valence-electron chi connectivity index (χ0n) is 15.8. The lowest BCUT2D eigenvalue weighted by molar-refractivity contribution is -0.195. The molecule has 3 heterocycles. The molecule has 6 heteroatoms. The first-order valence-electron chi connectivity index (χ1n) is 8.54. The monoisotopic (exact) mass is 342 g/mol. The Hall–Kier alpha value is -0.500. The topological polar surface area (TPSA) is 55.4 Å². The van der Waals surface area contributed by atoms with E-state index in [1.807, 2.05) is 48.5 Å². The summed E-state index contributed by atoms with van der Waals surface area (Å²) in [7, 11) is 0. The summed E-state index contributed by atoms with van der Waals surface area (Å²) >= 11 is 0. The van der Waals surface area contributed by atoms with Crippen molar-refractivity contribution < 1.29 is 28.4 Å². The predicted molar refractivity (Wildman–Crippen MR) is 87.4 cm³/mol. The van der Waals surface area contributed by atoms with Gasteiger partial charge in [-0.25, -0.2) is 0 Å². The number of hydrogen-bond acceptors (Lipinski definition) is 6. The number of ether oxygens (including phenoxy) is 6. The van der Waals surface area contributed by atoms with Crippen molar-refractivity contribution in [1.29, 1.82) is 0 Å². The van der Waals surface area contributed by atoms with Crippen LogP contribution in [0.25, 0.3) is 0 Å². The van der Waals surface area contributed by atoms with Crippen LogP contribution in [0.3, 0.4) is 0 Å². The molecule has 3 rings (SSSR count). The second-order valence-electron chi connectivity index (χ2n) is 8.30. The molecule has 0 aromatic heterocycles. The van der Waals surface area contributed by atoms with Gasteiger partial charge in [0.1, 0.15) is 23.9 Å². The van der Waals surface area contributed by atoms with Crippen LogP contribution in [0.4, 0.5) is 0 Å². The van der Waals surface area contributed by atoms with Gasteiger partial charge < -0.3 is 28.4 Å². The van der Waals surface area contributed by atoms with Gasteiger partial charge in [-0.1, -0.05) is 6.58 Å². The fourth-order valence-corrected chi connectivity index (χ4v) is 3.85. The van der Waals surface area contributed by atoms with E-state index < -0.39 is 29.1 Å². The Morgan fingerprint density at radius 3 is 1.88 bits per heavy atom. The maximum Gasteiger partial charge on any atom is 0.164 e. The first-order chi connectivity index (χ1) is 10.9. The van der Waals surface area contributed by atoms with Gasteiger partial charge in [0, 0.05) is 0 Å². The summed E-state index contributed by atoms with van der Waals surface area (Å²) in [5.74, 6) is -2.09. The molecule has 0 bridgehead atoms. The van der Waals surface area contributed by atoms with Crippen LogP contribution in [0.15, 0.2) is 12.2 Å². The highest BCUT2D eigenvalue weighted by Gasteiger charge is 2.64. The van der Waals surface area contributed by atoms with Crippen LogP contribution in [0.5, 0.6) is 0 Å². The highest BCUT2D eigenvalue weighted by molar-refractivity contribution is 5.24. The third-order valence-corrected chi connectivity index (χ3v) is 4.77. The molecule has 0 aromatic rings. The van der Waals surface area contributed by atoms with Crippen molar-refractivity contribution in [3.63, 3.8) is 0 Å². The zero-order chi connectivity index (χ0) is 18.0. The van der Waals surface area contributed by atoms with Crippen molar-refractivity contribution in [2.45, 2.75) is 89.7 Å². The van der Waals surface area contributed by atoms with Crippen molar-refractivity contribution in [3.8, 4) is 0 Å². The highest BCUT2D eigenvalue weighted by Crippen LogP contribution is 2.49. The molecule has 0 amide bonds. The maximum absolute atomic E-state index is 6.41. The van der Waals surface area contributed by atoms with Crippen LogP contribution in [0.1, 0.15) is 48.5 Å². The Morgan fingerprint density at radius 2 is 1.42 bits per heavy atom. The summed E-state index contributed by atoms with van der Waals surface area (Å²) in [5, 5.41) is 0. The lowest BCUT2D eigenvalue weighted by Gasteiger charge is -2.39. The van der Waals surface area contributed by atoms with Gasteiger partial charge in [-0.05, 0) is 54.0 Å². The summed E-state index contributed by atoms with van der Waals surface area (Å²) in [4.78, 5) is 0. The SMILES string of the molecule is C=C(C)[C@]1([C@H]2COC(C)(C)O2)OC(C)(C)O[C@@H]1[C@H]1COC(C)(C)O1. The predicted octanol–water partition coefficient (Wildman–Crippen LogP) is 2.76. The minimum absolute atomic E-state index is 0.272. The molecule has 0 N–H and O–H groups in total. The molecule has 0 radical (unpaired) electrons. The van der Waals surface area contributed by atoms with Crippen molar-refractivity contribution in [2.24, 2.45) is 0 Å². The Kier molecular flexibility index (Phi) is 4.19. The maximum atomic E-state index is 6.41. The van der Waals surface area contributed by atoms with Crippen molar-refractivity contribution >= 4 is 0 Å². The largest absolute Gasteiger partial charge is 0.348 e. The molecular weight excluding hydrogens is 312 g/mol. The summed E-state index contributed by atoms with van der Waals surface area (Å²) < 4.78 is 36.4. The first kappa shape index (κ1) is 18.3. The Balaban J connectivity index is 1.97. The Labute approximate surface area is 144 Å². The molecule has 6 nitrogen and oxygen atoms in total. The molecule has 0 unspecified atom stereocenters. The summed E-state index contributed by atoms with van der Waals surface area (Å²) in [5.41, 5.74) is -0.0243. The lowest BCUT2D eigenvalue weighted by Crippen LogP contribution is -2.57. The molecule has 0 spiro atoms. The van der Waals surface area contributed by atoms with E-state index in [0.29, 0.717) is 13.2 Å². The van der Waals surface area contributed by atoms with E-state index in [4.69, 9.17) is 28.4 Å². The van der Waals surface area contributed by atoms with Crippen LogP contribution in [-0.4, -0.2) is 54.5 Å². The van der Waals surface area contributed by atoms with Crippen molar-refractivity contribution in [2.75, 3.05) is 13.2 Å². The van der Waals surface area contributed by atoms with Gasteiger partial charge in [-0.2, -0.15) is 0 Å². The standard InChI is InChI=1S/C18H30O6/c1-11(2)18(13-10-20-16(5,6)22-13)14(23-17(7,8)24-18)12-9-19-15(3,4)21-12/h12-14H,1,9-10H2,2-8H3/t12-,13-,14-,18-/m1/s1. The summed E-state index contributed by atoms with van der Waals surface area (Å²) in [6.07, 6.45) is -0.996. The third kappa shape index (κ3) is 3.04. The van der Waals surface area contributed by atoms with Gasteiger partial charge in [0.05, 0.1) is 13.2 Å². The van der Waals surface area contributed by atoms with Gasteiger partial charge in [-0.3, -0.25) is 0 Å². The van der Waals surface area contributed by atoms with Crippen molar-refractivity contribution in [1.82, 2.24) is 0 Å². The number of hydrogen-bond donors (Lipinski definition) is 0. The van der Waals surface area contributed by atoms with Crippen LogP contribution < -0.4 is 0 Å². The molecule has 24 heavy (non-hydrogen) atoms. The van der Waals surface area contributed by atoms with Crippen LogP contribution >= 0.6 is 0 Å². The molecular formula is C18H30O6. The minimum Gasteiger partial charge on any atom is -0.348 e. The molecule has 3 fully saturated rings. The molecule has 3 saturated heterocycles. The quantitative estimate of drug-likeness (QED) is 0.735. The molecule has 4 atom stereocenters. The average Bonchev–Trinajstić information content (AvgIpc) is 3.03. The molecule has 0 aliphatic carbocycles. The molecule has 0 aromatic carbocycles. The van der Waals surface area contributed by atoms with E-state index >= 15 is 0 Å². The number of rotatable bonds is 3. The minimum atomic E-state index is -0.855. The molecule has 138 valence electrons. The second-order valence-corrected chi connectivity index (χ2v) is 8.30. The van der Waals surface area contributed by atoms with Crippen LogP contribution in [-0.2, 0) is 28.4 Å². The van der Waals surface area contributed by atoms with Gasteiger partial charge >= 0.3 is 0 Å². The second kappa shape index (κ2) is 5.50. The zero-order valence-corrected chi connectivity index (χ0v) is 15.8. The van der Waals surface area contributed by atoms with E-state index in [9.17, 15) is 0 Å². The Bertz CT molecular complexity index is 526. The van der Waals surface area contributed by atoms with E-state index in [0.717, 1.165) is 5.57 Å². The van der Waals surface area contributed by atoms with Gasteiger partial charge in [0.2, 0.25) is 0 Å². The molecule has 0 saturated carbocycles. The summed E-state index contributed by atoms with van der Waals surface area (Å²) in [6, 6.07) is 0. The smallest absolute Gasteiger partial charge is 0.164 e. The fraction of sp³-hybridized carbons (Fsp3) is 0.889. The van der Waals surface area contributed by atoms with E-state index in [-0.39, 0.29) is 12.2 Å². The van der Waals surface area contributed by atoms with E-state index in [1.165, 1.54) is 0 Å². The normalized spacial score (nSPS) is 43.2. The fourth-order valence-electron chi connectivity index (χ4n) is 3.85. The first-order valence-corrected chi connectivity index (χ1v) is 8.54. The van der Waals surface area contributed by atoms with Gasteiger partial charge in [-0.15, -0.1) is 0 Å². The van der Waals surface area contributed by atoms with E-state index in [2.05, 4.69) is 6.58 Å². The van der Waals surface area contributed by atoms with Gasteiger partial charge in [0.25, 0.3) is 0 Å². The summed E-state index contributed by atoms with van der Waals surface area (Å²) in [6.45, 7) is 18.3. The Morgan fingerprint density at radius 1 is 0.833 bits per heavy atom. The highest BCUT2D eigenvalue weighted by atomic mass is 16.8. The van der Waals surface area contributed by atoms with Crippen LogP contribution in [0.2, 0.25) is 0 Å². The van der Waals surface area contributed by atoms with Crippen LogP contribution in [0, 0.1) is 0 Å². The molecule has 3 aliphatic rings. The third-order valence-electron chi connectivity index (χ3n) is 4.77. The van der Waals surface area contributed by atoms with Crippen molar-refractivity contribution in [3.05, 3.63) is 12.2 Å².